The summed E-state index contributed by atoms with van der Waals surface area (Å²) in [7, 11) is 0. The van der Waals surface area contributed by atoms with Crippen molar-refractivity contribution in [1.82, 2.24) is 9.97 Å². The van der Waals surface area contributed by atoms with Crippen molar-refractivity contribution in [3.05, 3.63) is 71.8 Å². The first-order valence-corrected chi connectivity index (χ1v) is 11.9. The van der Waals surface area contributed by atoms with E-state index >= 15 is 0 Å². The molecule has 35 heavy (non-hydrogen) atoms. The molecule has 0 aliphatic heterocycles. The Morgan fingerprint density at radius 3 is 2.66 bits per heavy atom. The minimum absolute atomic E-state index is 0.159. The number of hydrogen-bond donors (Lipinski definition) is 2. The fraction of sp³-hybridized carbons (Fsp3) is 0.160. The van der Waals surface area contributed by atoms with Gasteiger partial charge in [-0.3, -0.25) is 9.59 Å². The number of nitrogens with one attached hydrogen (secondary N) is 2. The molecule has 0 saturated heterocycles. The predicted molar refractivity (Wildman–Crippen MR) is 136 cm³/mol. The maximum atomic E-state index is 12.8. The molecular weight excluding hydrogens is 486 g/mol. The molecule has 0 atom stereocenters. The lowest BCUT2D eigenvalue weighted by Gasteiger charge is -2.16. The summed E-state index contributed by atoms with van der Waals surface area (Å²) in [5.74, 6) is 0.0175. The van der Waals surface area contributed by atoms with E-state index in [0.29, 0.717) is 38.4 Å². The van der Waals surface area contributed by atoms with E-state index in [1.807, 2.05) is 6.07 Å². The second-order valence-electron chi connectivity index (χ2n) is 8.08. The van der Waals surface area contributed by atoms with E-state index in [4.69, 9.17) is 16.3 Å². The Balaban J connectivity index is 1.48. The lowest BCUT2D eigenvalue weighted by Crippen LogP contribution is -2.17. The first-order valence-electron chi connectivity index (χ1n) is 10.5. The maximum absolute atomic E-state index is 12.8. The monoisotopic (exact) mass is 505 g/mol. The molecule has 0 unspecified atom stereocenters. The number of carbonyl (C=O) groups excluding carboxylic acids is 2. The molecule has 176 valence electrons. The highest BCUT2D eigenvalue weighted by Gasteiger charge is 2.21. The molecule has 4 rings (SSSR count). The standard InChI is InChI=1S/C25H20ClN5O3S/c1-25(2,14-27)16-6-3-5-15(11-16)22(33)28-17-7-4-8-18(12-17)34-21-10-9-19-23(31-21)35-24(29-19)30-20(32)13-26/h3-12H,13H2,1-2H3,(H,28,33)(H,29,30,32). The number of amides is 2. The highest BCUT2D eigenvalue weighted by Crippen LogP contribution is 2.29. The summed E-state index contributed by atoms with van der Waals surface area (Å²) in [6.07, 6.45) is 0. The topological polar surface area (TPSA) is 117 Å². The molecule has 0 saturated carbocycles. The third kappa shape index (κ3) is 5.74. The zero-order valence-electron chi connectivity index (χ0n) is 18.8. The third-order valence-corrected chi connectivity index (χ3v) is 6.16. The zero-order chi connectivity index (χ0) is 25.0. The Hall–Kier alpha value is -4.00. The van der Waals surface area contributed by atoms with Crippen LogP contribution in [0.4, 0.5) is 10.8 Å². The molecule has 0 aliphatic rings. The lowest BCUT2D eigenvalue weighted by atomic mass is 9.85. The number of halogens is 1. The number of hydrogen-bond acceptors (Lipinski definition) is 7. The van der Waals surface area contributed by atoms with Crippen molar-refractivity contribution in [1.29, 1.82) is 5.26 Å². The van der Waals surface area contributed by atoms with Gasteiger partial charge in [0.25, 0.3) is 5.91 Å². The van der Waals surface area contributed by atoms with Crippen molar-refractivity contribution < 1.29 is 14.3 Å². The van der Waals surface area contributed by atoms with Gasteiger partial charge in [-0.2, -0.15) is 5.26 Å². The molecular formula is C25H20ClN5O3S. The summed E-state index contributed by atoms with van der Waals surface area (Å²) < 4.78 is 5.88. The van der Waals surface area contributed by atoms with Gasteiger partial charge in [-0.05, 0) is 49.7 Å². The van der Waals surface area contributed by atoms with Gasteiger partial charge in [-0.1, -0.05) is 29.5 Å². The van der Waals surface area contributed by atoms with Crippen LogP contribution in [0.3, 0.4) is 0 Å². The van der Waals surface area contributed by atoms with Crippen molar-refractivity contribution in [2.24, 2.45) is 0 Å². The van der Waals surface area contributed by atoms with Crippen LogP contribution in [0.25, 0.3) is 10.3 Å². The van der Waals surface area contributed by atoms with E-state index in [2.05, 4.69) is 26.7 Å². The SMILES string of the molecule is CC(C)(C#N)c1cccc(C(=O)Nc2cccc(Oc3ccc4nc(NC(=O)CCl)sc4n3)c2)c1. The number of alkyl halides is 1. The quantitative estimate of drug-likeness (QED) is 0.310. The molecule has 8 nitrogen and oxygen atoms in total. The van der Waals surface area contributed by atoms with Crippen molar-refractivity contribution in [2.45, 2.75) is 19.3 Å². The van der Waals surface area contributed by atoms with E-state index < -0.39 is 5.41 Å². The number of nitrogens with zero attached hydrogens (tertiary/aromatic N) is 3. The lowest BCUT2D eigenvalue weighted by molar-refractivity contribution is -0.113. The van der Waals surface area contributed by atoms with Gasteiger partial charge in [-0.25, -0.2) is 9.97 Å². The summed E-state index contributed by atoms with van der Waals surface area (Å²) in [6, 6.07) is 19.6. The number of carbonyl (C=O) groups is 2. The van der Waals surface area contributed by atoms with Crippen molar-refractivity contribution in [2.75, 3.05) is 16.5 Å². The molecule has 0 radical (unpaired) electrons. The van der Waals surface area contributed by atoms with Gasteiger partial charge in [0.2, 0.25) is 11.8 Å². The van der Waals surface area contributed by atoms with Crippen LogP contribution in [0.1, 0.15) is 29.8 Å². The average Bonchev–Trinajstić information content (AvgIpc) is 3.25. The van der Waals surface area contributed by atoms with Crippen LogP contribution in [-0.4, -0.2) is 27.7 Å². The first-order chi connectivity index (χ1) is 16.8. The van der Waals surface area contributed by atoms with E-state index in [1.54, 1.807) is 68.4 Å². The molecule has 2 amide bonds. The Morgan fingerprint density at radius 2 is 1.89 bits per heavy atom. The molecule has 0 spiro atoms. The minimum Gasteiger partial charge on any atom is -0.439 e. The van der Waals surface area contributed by atoms with Gasteiger partial charge in [-0.15, -0.1) is 11.6 Å². The fourth-order valence-electron chi connectivity index (χ4n) is 3.14. The molecule has 2 aromatic carbocycles. The van der Waals surface area contributed by atoms with Gasteiger partial charge >= 0.3 is 0 Å². The van der Waals surface area contributed by atoms with Gasteiger partial charge in [0, 0.05) is 23.4 Å². The number of anilines is 2. The second kappa shape index (κ2) is 10.1. The van der Waals surface area contributed by atoms with Crippen LogP contribution >= 0.6 is 22.9 Å². The summed E-state index contributed by atoms with van der Waals surface area (Å²) in [5.41, 5.74) is 1.68. The van der Waals surface area contributed by atoms with Gasteiger partial charge in [0.15, 0.2) is 5.13 Å². The molecule has 2 aromatic heterocycles. The second-order valence-corrected chi connectivity index (χ2v) is 9.32. The van der Waals surface area contributed by atoms with Crippen LogP contribution in [0.15, 0.2) is 60.7 Å². The average molecular weight is 506 g/mol. The molecule has 0 fully saturated rings. The molecule has 0 bridgehead atoms. The Bertz CT molecular complexity index is 1460. The smallest absolute Gasteiger partial charge is 0.255 e. The Kier molecular flexibility index (Phi) is 6.96. The van der Waals surface area contributed by atoms with E-state index in [0.717, 1.165) is 5.56 Å². The Labute approximate surface area is 210 Å². The molecule has 4 aromatic rings. The number of pyridine rings is 1. The van der Waals surface area contributed by atoms with Crippen LogP contribution in [0.2, 0.25) is 0 Å². The Morgan fingerprint density at radius 1 is 1.09 bits per heavy atom. The summed E-state index contributed by atoms with van der Waals surface area (Å²) in [6.45, 7) is 3.61. The van der Waals surface area contributed by atoms with E-state index in [1.165, 1.54) is 11.3 Å². The minimum atomic E-state index is -0.702. The van der Waals surface area contributed by atoms with Gasteiger partial charge in [0.05, 0.1) is 11.5 Å². The van der Waals surface area contributed by atoms with Crippen LogP contribution in [0.5, 0.6) is 11.6 Å². The molecule has 2 N–H and O–H groups in total. The van der Waals surface area contributed by atoms with Crippen molar-refractivity contribution >= 4 is 55.9 Å². The normalized spacial score (nSPS) is 11.0. The number of ether oxygens (including phenoxy) is 1. The van der Waals surface area contributed by atoms with Crippen LogP contribution in [-0.2, 0) is 10.2 Å². The number of nitriles is 1. The number of benzene rings is 2. The van der Waals surface area contributed by atoms with Gasteiger partial charge < -0.3 is 15.4 Å². The fourth-order valence-corrected chi connectivity index (χ4v) is 4.05. The predicted octanol–water partition coefficient (Wildman–Crippen LogP) is 5.71. The van der Waals surface area contributed by atoms with E-state index in [-0.39, 0.29) is 17.7 Å². The summed E-state index contributed by atoms with van der Waals surface area (Å²) in [5, 5.41) is 15.2. The highest BCUT2D eigenvalue weighted by atomic mass is 35.5. The van der Waals surface area contributed by atoms with Crippen LogP contribution in [0, 0.1) is 11.3 Å². The van der Waals surface area contributed by atoms with Crippen molar-refractivity contribution in [3.63, 3.8) is 0 Å². The van der Waals surface area contributed by atoms with Crippen LogP contribution < -0.4 is 15.4 Å². The first kappa shape index (κ1) is 24.1. The van der Waals surface area contributed by atoms with Crippen molar-refractivity contribution in [3.8, 4) is 17.7 Å². The maximum Gasteiger partial charge on any atom is 0.255 e. The summed E-state index contributed by atoms with van der Waals surface area (Å²) >= 11 is 6.73. The number of aromatic nitrogens is 2. The largest absolute Gasteiger partial charge is 0.439 e. The summed E-state index contributed by atoms with van der Waals surface area (Å²) in [4.78, 5) is 33.6. The number of thiazole rings is 1. The molecule has 10 heteroatoms. The third-order valence-electron chi connectivity index (χ3n) is 5.04. The zero-order valence-corrected chi connectivity index (χ0v) is 20.4. The highest BCUT2D eigenvalue weighted by molar-refractivity contribution is 7.22. The number of rotatable bonds is 7. The molecule has 2 heterocycles. The van der Waals surface area contributed by atoms with Gasteiger partial charge in [0.1, 0.15) is 22.0 Å². The van der Waals surface area contributed by atoms with E-state index in [9.17, 15) is 14.9 Å². The number of fused-ring (bicyclic) bond motifs is 1. The molecule has 0 aliphatic carbocycles.